The largest absolute Gasteiger partial charge is 0.310 e. The first kappa shape index (κ1) is 17.3. The van der Waals surface area contributed by atoms with Crippen molar-refractivity contribution < 1.29 is 0 Å². The Morgan fingerprint density at radius 2 is 1.95 bits per heavy atom. The zero-order chi connectivity index (χ0) is 15.2. The lowest BCUT2D eigenvalue weighted by Gasteiger charge is -2.35. The van der Waals surface area contributed by atoms with Gasteiger partial charge in [0.25, 0.3) is 0 Å². The van der Waals surface area contributed by atoms with Crippen molar-refractivity contribution in [2.75, 3.05) is 6.54 Å². The Morgan fingerprint density at radius 3 is 2.52 bits per heavy atom. The first-order valence-corrected chi connectivity index (χ1v) is 9.51. The Bertz CT molecular complexity index is 441. The van der Waals surface area contributed by atoms with Crippen LogP contribution in [0.15, 0.2) is 22.7 Å². The average molecular weight is 373 g/mol. The van der Waals surface area contributed by atoms with Gasteiger partial charge in [0.05, 0.1) is 0 Å². The van der Waals surface area contributed by atoms with Crippen molar-refractivity contribution in [3.05, 3.63) is 33.3 Å². The van der Waals surface area contributed by atoms with Crippen LogP contribution < -0.4 is 5.32 Å². The van der Waals surface area contributed by atoms with Crippen LogP contribution in [0.25, 0.3) is 0 Å². The first-order valence-electron chi connectivity index (χ1n) is 8.34. The van der Waals surface area contributed by atoms with E-state index in [0.717, 1.165) is 34.3 Å². The fraction of sp³-hybridized carbons (Fsp3) is 0.667. The molecule has 0 radical (unpaired) electrons. The van der Waals surface area contributed by atoms with Crippen molar-refractivity contribution in [1.82, 2.24) is 5.32 Å². The number of nitrogens with one attached hydrogen (secondary N) is 1. The van der Waals surface area contributed by atoms with Gasteiger partial charge in [0, 0.05) is 15.5 Å². The highest BCUT2D eigenvalue weighted by Gasteiger charge is 2.28. The van der Waals surface area contributed by atoms with E-state index in [0.29, 0.717) is 6.04 Å². The zero-order valence-corrected chi connectivity index (χ0v) is 15.5. The Hall–Kier alpha value is -0.0500. The monoisotopic (exact) mass is 371 g/mol. The molecule has 1 fully saturated rings. The van der Waals surface area contributed by atoms with Gasteiger partial charge in [-0.25, -0.2) is 0 Å². The molecule has 1 aromatic rings. The Morgan fingerprint density at radius 1 is 1.24 bits per heavy atom. The third kappa shape index (κ3) is 4.71. The van der Waals surface area contributed by atoms with Crippen molar-refractivity contribution in [2.24, 2.45) is 11.8 Å². The van der Waals surface area contributed by atoms with Gasteiger partial charge in [0.2, 0.25) is 0 Å². The van der Waals surface area contributed by atoms with Gasteiger partial charge in [-0.15, -0.1) is 0 Å². The summed E-state index contributed by atoms with van der Waals surface area (Å²) in [5, 5.41) is 4.63. The van der Waals surface area contributed by atoms with Crippen LogP contribution in [0.4, 0.5) is 0 Å². The number of halogens is 2. The molecular weight excluding hydrogens is 346 g/mol. The van der Waals surface area contributed by atoms with Gasteiger partial charge < -0.3 is 5.32 Å². The second-order valence-corrected chi connectivity index (χ2v) is 7.61. The fourth-order valence-corrected chi connectivity index (χ4v) is 4.30. The van der Waals surface area contributed by atoms with Crippen molar-refractivity contribution in [3.63, 3.8) is 0 Å². The number of rotatable bonds is 6. The Labute approximate surface area is 143 Å². The SMILES string of the molecule is CCCNC(c1ccc(Br)cc1Cl)C1CCC(CC)CC1. The summed E-state index contributed by atoms with van der Waals surface area (Å²) in [6, 6.07) is 6.73. The molecule has 0 spiro atoms. The van der Waals surface area contributed by atoms with Gasteiger partial charge in [0.15, 0.2) is 0 Å². The molecule has 1 aliphatic rings. The predicted octanol–water partition coefficient (Wildman–Crippen LogP) is 6.36. The first-order chi connectivity index (χ1) is 10.2. The highest BCUT2D eigenvalue weighted by atomic mass is 79.9. The van der Waals surface area contributed by atoms with E-state index in [4.69, 9.17) is 11.6 Å². The van der Waals surface area contributed by atoms with Crippen LogP contribution in [-0.2, 0) is 0 Å². The molecule has 1 N–H and O–H groups in total. The summed E-state index contributed by atoms with van der Waals surface area (Å²) in [6.07, 6.45) is 7.89. The van der Waals surface area contributed by atoms with Crippen LogP contribution in [0, 0.1) is 11.8 Å². The van der Waals surface area contributed by atoms with Gasteiger partial charge in [0.1, 0.15) is 0 Å². The third-order valence-corrected chi connectivity index (χ3v) is 5.67. The fourth-order valence-electron chi connectivity index (χ4n) is 3.51. The molecule has 21 heavy (non-hydrogen) atoms. The van der Waals surface area contributed by atoms with Crippen molar-refractivity contribution in [1.29, 1.82) is 0 Å². The van der Waals surface area contributed by atoms with Crippen LogP contribution in [-0.4, -0.2) is 6.54 Å². The Balaban J connectivity index is 2.14. The Kier molecular flexibility index (Phi) is 7.04. The summed E-state index contributed by atoms with van der Waals surface area (Å²) in [5.74, 6) is 1.66. The lowest BCUT2D eigenvalue weighted by molar-refractivity contribution is 0.219. The molecule has 1 saturated carbocycles. The molecule has 1 atom stereocenters. The summed E-state index contributed by atoms with van der Waals surface area (Å²) in [5.41, 5.74) is 1.27. The zero-order valence-electron chi connectivity index (χ0n) is 13.2. The normalized spacial score (nSPS) is 24.0. The van der Waals surface area contributed by atoms with E-state index < -0.39 is 0 Å². The summed E-state index contributed by atoms with van der Waals surface area (Å²) in [4.78, 5) is 0. The lowest BCUT2D eigenvalue weighted by Crippen LogP contribution is -2.31. The van der Waals surface area contributed by atoms with Gasteiger partial charge in [-0.05, 0) is 55.3 Å². The molecule has 0 amide bonds. The van der Waals surface area contributed by atoms with Crippen LogP contribution in [0.1, 0.15) is 64.0 Å². The summed E-state index contributed by atoms with van der Waals surface area (Å²) in [6.45, 7) is 5.61. The van der Waals surface area contributed by atoms with E-state index in [1.807, 2.05) is 6.07 Å². The van der Waals surface area contributed by atoms with Gasteiger partial charge in [-0.2, -0.15) is 0 Å². The van der Waals surface area contributed by atoms with Crippen molar-refractivity contribution in [2.45, 2.75) is 58.4 Å². The van der Waals surface area contributed by atoms with Gasteiger partial charge in [-0.1, -0.05) is 66.7 Å². The van der Waals surface area contributed by atoms with Crippen LogP contribution in [0.2, 0.25) is 5.02 Å². The highest BCUT2D eigenvalue weighted by molar-refractivity contribution is 9.10. The van der Waals surface area contributed by atoms with Crippen LogP contribution >= 0.6 is 27.5 Å². The number of hydrogen-bond acceptors (Lipinski definition) is 1. The van der Waals surface area contributed by atoms with E-state index in [2.05, 4.69) is 47.2 Å². The molecule has 0 heterocycles. The van der Waals surface area contributed by atoms with Crippen LogP contribution in [0.3, 0.4) is 0 Å². The van der Waals surface area contributed by atoms with Crippen molar-refractivity contribution in [3.8, 4) is 0 Å². The van der Waals surface area contributed by atoms with E-state index >= 15 is 0 Å². The highest BCUT2D eigenvalue weighted by Crippen LogP contribution is 2.40. The minimum atomic E-state index is 0.406. The molecule has 118 valence electrons. The van der Waals surface area contributed by atoms with E-state index in [1.54, 1.807) is 0 Å². The predicted molar refractivity (Wildman–Crippen MR) is 95.9 cm³/mol. The molecule has 0 saturated heterocycles. The second kappa shape index (κ2) is 8.55. The number of hydrogen-bond donors (Lipinski definition) is 1. The maximum Gasteiger partial charge on any atom is 0.0465 e. The lowest BCUT2D eigenvalue weighted by atomic mass is 9.76. The topological polar surface area (TPSA) is 12.0 Å². The molecular formula is C18H27BrClN. The maximum atomic E-state index is 6.51. The van der Waals surface area contributed by atoms with E-state index in [9.17, 15) is 0 Å². The number of benzene rings is 1. The average Bonchev–Trinajstić information content (AvgIpc) is 2.50. The molecule has 1 nitrogen and oxygen atoms in total. The van der Waals surface area contributed by atoms with E-state index in [1.165, 1.54) is 37.7 Å². The molecule has 2 rings (SSSR count). The standard InChI is InChI=1S/C18H27BrClN/c1-3-11-21-18(14-7-5-13(4-2)6-8-14)16-10-9-15(19)12-17(16)20/h9-10,12-14,18,21H,3-8,11H2,1-2H3. The molecule has 3 heteroatoms. The van der Waals surface area contributed by atoms with E-state index in [-0.39, 0.29) is 0 Å². The van der Waals surface area contributed by atoms with Crippen LogP contribution in [0.5, 0.6) is 0 Å². The molecule has 0 aromatic heterocycles. The van der Waals surface area contributed by atoms with Gasteiger partial charge in [-0.3, -0.25) is 0 Å². The molecule has 1 unspecified atom stereocenters. The summed E-state index contributed by atoms with van der Waals surface area (Å²) in [7, 11) is 0. The molecule has 0 aliphatic heterocycles. The summed E-state index contributed by atoms with van der Waals surface area (Å²) < 4.78 is 1.06. The van der Waals surface area contributed by atoms with Gasteiger partial charge >= 0.3 is 0 Å². The quantitative estimate of drug-likeness (QED) is 0.612. The third-order valence-electron chi connectivity index (χ3n) is 4.85. The molecule has 0 bridgehead atoms. The smallest absolute Gasteiger partial charge is 0.0465 e. The molecule has 1 aromatic carbocycles. The summed E-state index contributed by atoms with van der Waals surface area (Å²) >= 11 is 10.0. The second-order valence-electron chi connectivity index (χ2n) is 6.29. The molecule has 1 aliphatic carbocycles. The minimum absolute atomic E-state index is 0.406. The minimum Gasteiger partial charge on any atom is -0.310 e. The maximum absolute atomic E-state index is 6.51. The van der Waals surface area contributed by atoms with Crippen molar-refractivity contribution >= 4 is 27.5 Å².